The third kappa shape index (κ3) is 7.18. The first-order valence-corrected chi connectivity index (χ1v) is 9.15. The minimum atomic E-state index is -0.399. The van der Waals surface area contributed by atoms with Crippen molar-refractivity contribution in [1.82, 2.24) is 10.2 Å². The Morgan fingerprint density at radius 3 is 2.83 bits per heavy atom. The van der Waals surface area contributed by atoms with E-state index in [1.807, 2.05) is 0 Å². The van der Waals surface area contributed by atoms with Crippen molar-refractivity contribution in [2.75, 3.05) is 25.1 Å². The highest BCUT2D eigenvalue weighted by Crippen LogP contribution is 2.25. The van der Waals surface area contributed by atoms with Crippen LogP contribution < -0.4 is 10.2 Å². The van der Waals surface area contributed by atoms with E-state index in [1.165, 1.54) is 25.2 Å². The van der Waals surface area contributed by atoms with Crippen LogP contribution in [-0.2, 0) is 4.79 Å². The van der Waals surface area contributed by atoms with Crippen LogP contribution in [0.1, 0.15) is 16.8 Å². The van der Waals surface area contributed by atoms with E-state index in [9.17, 15) is 14.5 Å². The Labute approximate surface area is 141 Å². The summed E-state index contributed by atoms with van der Waals surface area (Å²) in [5, 5.41) is 12.8. The number of carbonyl (C=O) groups is 2. The fraction of sp³-hybridized carbons (Fsp3) is 0.385. The molecule has 1 rings (SSSR count). The van der Waals surface area contributed by atoms with Gasteiger partial charge in [-0.05, 0) is 23.4 Å². The summed E-state index contributed by atoms with van der Waals surface area (Å²) in [5.74, 6) is 1.04. The normalized spacial score (nSPS) is 9.61. The fourth-order valence-corrected chi connectivity index (χ4v) is 3.32. The quantitative estimate of drug-likeness (QED) is 0.173. The van der Waals surface area contributed by atoms with Gasteiger partial charge in [0.15, 0.2) is 10.8 Å². The van der Waals surface area contributed by atoms with Crippen LogP contribution in [0.4, 0.5) is 11.4 Å². The predicted molar refractivity (Wildman–Crippen MR) is 92.4 cm³/mol. The molecule has 8 nitrogen and oxygen atoms in total. The average molecular weight is 354 g/mol. The van der Waals surface area contributed by atoms with Gasteiger partial charge in [-0.3, -0.25) is 4.79 Å². The molecule has 0 radical (unpaired) electrons. The lowest BCUT2D eigenvalue weighted by molar-refractivity contribution is -0.107. The molecule has 0 saturated heterocycles. The number of hydrogen-bond donors (Lipinski definition) is 1. The molecule has 0 spiro atoms. The summed E-state index contributed by atoms with van der Waals surface area (Å²) in [6.45, 7) is 0.436. The number of carbonyl (C=O) groups excluding carboxylic acids is 2. The third-order valence-electron chi connectivity index (χ3n) is 2.45. The first-order valence-electron chi connectivity index (χ1n) is 6.66. The monoisotopic (exact) mass is 354 g/mol. The predicted octanol–water partition coefficient (Wildman–Crippen LogP) is 3.02. The van der Waals surface area contributed by atoms with E-state index in [0.29, 0.717) is 24.4 Å². The molecule has 0 saturated carbocycles. The largest absolute Gasteiger partial charge is 0.351 e. The number of amides is 1. The molecule has 0 aromatic heterocycles. The van der Waals surface area contributed by atoms with Gasteiger partial charge in [-0.25, -0.2) is 0 Å². The van der Waals surface area contributed by atoms with Crippen LogP contribution in [0.5, 0.6) is 0 Å². The molecule has 10 heteroatoms. The van der Waals surface area contributed by atoms with Crippen molar-refractivity contribution in [2.45, 2.75) is 6.42 Å². The zero-order chi connectivity index (χ0) is 16.9. The Balaban J connectivity index is 2.58. The first-order chi connectivity index (χ1) is 11.2. The summed E-state index contributed by atoms with van der Waals surface area (Å²) in [7, 11) is 4.61. The lowest BCUT2D eigenvalue weighted by Crippen LogP contribution is -2.25. The van der Waals surface area contributed by atoms with E-state index in [4.69, 9.17) is 0 Å². The minimum Gasteiger partial charge on any atom is -0.351 e. The summed E-state index contributed by atoms with van der Waals surface area (Å²) in [4.78, 5) is 36.6. The van der Waals surface area contributed by atoms with E-state index in [2.05, 4.69) is 25.6 Å². The maximum Gasteiger partial charge on any atom is 0.253 e. The maximum absolute atomic E-state index is 12.1. The zero-order valence-corrected chi connectivity index (χ0v) is 14.1. The van der Waals surface area contributed by atoms with Crippen LogP contribution >= 0.6 is 21.6 Å². The highest BCUT2D eigenvalue weighted by atomic mass is 33.1. The van der Waals surface area contributed by atoms with Gasteiger partial charge in [-0.2, -0.15) is 0 Å². The van der Waals surface area contributed by atoms with E-state index in [0.717, 1.165) is 12.0 Å². The van der Waals surface area contributed by atoms with Crippen molar-refractivity contribution >= 4 is 45.2 Å². The van der Waals surface area contributed by atoms with Crippen LogP contribution in [0, 0.1) is 4.91 Å². The van der Waals surface area contributed by atoms with Gasteiger partial charge in [0.2, 0.25) is 4.91 Å². The molecular weight excluding hydrogens is 338 g/mol. The molecule has 0 unspecified atom stereocenters. The van der Waals surface area contributed by atoms with Crippen molar-refractivity contribution in [3.8, 4) is 0 Å². The summed E-state index contributed by atoms with van der Waals surface area (Å²) in [6.07, 6.45) is 1.39. The second-order valence-corrected chi connectivity index (χ2v) is 6.74. The van der Waals surface area contributed by atoms with E-state index < -0.39 is 5.91 Å². The molecule has 0 bridgehead atoms. The molecule has 0 aliphatic heterocycles. The summed E-state index contributed by atoms with van der Waals surface area (Å²) in [6, 6.07) is 4.38. The van der Waals surface area contributed by atoms with Gasteiger partial charge in [0, 0.05) is 24.5 Å². The van der Waals surface area contributed by atoms with Gasteiger partial charge in [-0.1, -0.05) is 21.6 Å². The lowest BCUT2D eigenvalue weighted by Gasteiger charge is -2.06. The number of rotatable bonds is 10. The number of benzene rings is 1. The van der Waals surface area contributed by atoms with E-state index in [1.54, 1.807) is 21.6 Å². The Morgan fingerprint density at radius 2 is 2.13 bits per heavy atom. The number of aldehydes is 1. The molecule has 23 heavy (non-hydrogen) atoms. The minimum absolute atomic E-state index is 0.0444. The van der Waals surface area contributed by atoms with Crippen LogP contribution in [-0.4, -0.2) is 37.3 Å². The standard InChI is InChI=1S/C13H15N5O3S2/c1-14-18-16-10-3-4-12(17-21)11(9-10)13(20)15-5-8-23-22-7-2-6-19/h3-4,6,9H,2,5,7-8H2,1H3/p+1. The molecule has 0 fully saturated rings. The SMILES string of the molecule is CN=[N+]=Nc1ccc(N=O)c(C(=O)NCCSSCCC=O)c1. The summed E-state index contributed by atoms with van der Waals surface area (Å²) < 4.78 is 0. The van der Waals surface area contributed by atoms with Crippen molar-refractivity contribution < 1.29 is 9.59 Å². The second-order valence-electron chi connectivity index (χ2n) is 4.04. The molecule has 0 aliphatic carbocycles. The van der Waals surface area contributed by atoms with Crippen molar-refractivity contribution in [2.24, 2.45) is 15.4 Å². The number of nitrogens with zero attached hydrogens (tertiary/aromatic N) is 4. The highest BCUT2D eigenvalue weighted by molar-refractivity contribution is 8.76. The zero-order valence-electron chi connectivity index (χ0n) is 12.5. The summed E-state index contributed by atoms with van der Waals surface area (Å²) >= 11 is 0. The Morgan fingerprint density at radius 1 is 1.35 bits per heavy atom. The third-order valence-corrected chi connectivity index (χ3v) is 4.89. The number of nitrogens with one attached hydrogen (secondary N) is 1. The Bertz CT molecular complexity index is 618. The lowest BCUT2D eigenvalue weighted by atomic mass is 10.1. The smallest absolute Gasteiger partial charge is 0.253 e. The molecule has 0 heterocycles. The molecule has 1 amide bonds. The van der Waals surface area contributed by atoms with Gasteiger partial charge in [0.25, 0.3) is 5.91 Å². The number of hydrogen-bond acceptors (Lipinski definition) is 8. The second kappa shape index (κ2) is 11.5. The van der Waals surface area contributed by atoms with Gasteiger partial charge in [0.05, 0.1) is 5.56 Å². The Kier molecular flexibility index (Phi) is 9.53. The van der Waals surface area contributed by atoms with Crippen molar-refractivity contribution in [3.05, 3.63) is 28.7 Å². The Hall–Kier alpha value is -2.03. The van der Waals surface area contributed by atoms with Gasteiger partial charge < -0.3 is 10.1 Å². The first kappa shape index (κ1) is 19.0. The highest BCUT2D eigenvalue weighted by Gasteiger charge is 2.14. The maximum atomic E-state index is 12.1. The molecule has 122 valence electrons. The van der Waals surface area contributed by atoms with Gasteiger partial charge in [0.1, 0.15) is 24.1 Å². The topological polar surface area (TPSA) is 114 Å². The molecule has 0 aliphatic rings. The molecular formula is C13H16N5O3S2+. The van der Waals surface area contributed by atoms with Crippen molar-refractivity contribution in [3.63, 3.8) is 0 Å². The van der Waals surface area contributed by atoms with Crippen LogP contribution in [0.15, 0.2) is 33.6 Å². The molecule has 1 aromatic carbocycles. The van der Waals surface area contributed by atoms with Gasteiger partial charge in [-0.15, -0.1) is 4.91 Å². The van der Waals surface area contributed by atoms with E-state index in [-0.39, 0.29) is 11.3 Å². The number of nitroso groups, excluding NO2 is 1. The average Bonchev–Trinajstić information content (AvgIpc) is 2.58. The summed E-state index contributed by atoms with van der Waals surface area (Å²) in [5.41, 5.74) is 0.598. The molecule has 1 aromatic rings. The molecule has 1 N–H and O–H groups in total. The fourth-order valence-electron chi connectivity index (χ4n) is 1.46. The van der Waals surface area contributed by atoms with Crippen LogP contribution in [0.2, 0.25) is 0 Å². The van der Waals surface area contributed by atoms with Crippen molar-refractivity contribution in [1.29, 1.82) is 0 Å². The van der Waals surface area contributed by atoms with Gasteiger partial charge >= 0.3 is 0 Å². The van der Waals surface area contributed by atoms with Crippen LogP contribution in [0.3, 0.4) is 0 Å². The van der Waals surface area contributed by atoms with E-state index >= 15 is 0 Å². The van der Waals surface area contributed by atoms with Crippen LogP contribution in [0.25, 0.3) is 0 Å². The molecule has 0 atom stereocenters.